The van der Waals surface area contributed by atoms with Crippen LogP contribution in [0.1, 0.15) is 37.8 Å². The largest absolute Gasteiger partial charge is 0.365 e. The summed E-state index contributed by atoms with van der Waals surface area (Å²) in [5.41, 5.74) is 8.67. The lowest BCUT2D eigenvalue weighted by Gasteiger charge is -2.19. The molecule has 2 aliphatic rings. The maximum atomic E-state index is 12.4. The molecule has 0 bridgehead atoms. The van der Waals surface area contributed by atoms with E-state index in [1.54, 1.807) is 6.21 Å². The third-order valence-corrected chi connectivity index (χ3v) is 6.24. The number of aliphatic imine (C=N–C) groups is 2. The average molecular weight is 469 g/mol. The highest BCUT2D eigenvalue weighted by Gasteiger charge is 2.39. The van der Waals surface area contributed by atoms with Gasteiger partial charge in [0.25, 0.3) is 5.95 Å². The van der Waals surface area contributed by atoms with Crippen molar-refractivity contribution in [2.45, 2.75) is 44.7 Å². The van der Waals surface area contributed by atoms with Crippen molar-refractivity contribution < 1.29 is 4.79 Å². The third-order valence-electron chi connectivity index (χ3n) is 5.97. The molecule has 1 fully saturated rings. The molecule has 1 aromatic carbocycles. The van der Waals surface area contributed by atoms with E-state index in [1.807, 2.05) is 32.0 Å². The van der Waals surface area contributed by atoms with Gasteiger partial charge in [-0.1, -0.05) is 23.7 Å². The van der Waals surface area contributed by atoms with Crippen LogP contribution in [0.15, 0.2) is 34.4 Å². The summed E-state index contributed by atoms with van der Waals surface area (Å²) in [6.45, 7) is 6.46. The fraction of sp³-hybridized carbons (Fsp3) is 0.435. The number of nitrogens with two attached hydrogens (primary N) is 1. The molecular weight excluding hydrogens is 440 g/mol. The van der Waals surface area contributed by atoms with Crippen LogP contribution in [0, 0.1) is 0 Å². The van der Waals surface area contributed by atoms with Gasteiger partial charge in [-0.25, -0.2) is 9.98 Å². The van der Waals surface area contributed by atoms with Crippen molar-refractivity contribution in [3.8, 4) is 0 Å². The topological polar surface area (TPSA) is 130 Å². The fourth-order valence-corrected chi connectivity index (χ4v) is 4.26. The highest BCUT2D eigenvalue weighted by Crippen LogP contribution is 2.39. The summed E-state index contributed by atoms with van der Waals surface area (Å²) >= 11 is 6.33. The normalized spacial score (nSPS) is 18.4. The second kappa shape index (κ2) is 9.94. The van der Waals surface area contributed by atoms with Crippen molar-refractivity contribution in [2.75, 3.05) is 30.3 Å². The minimum absolute atomic E-state index is 0.0119. The van der Waals surface area contributed by atoms with E-state index in [2.05, 4.69) is 35.9 Å². The number of rotatable bonds is 7. The van der Waals surface area contributed by atoms with Gasteiger partial charge in [0.15, 0.2) is 5.82 Å². The van der Waals surface area contributed by atoms with Crippen molar-refractivity contribution in [2.24, 2.45) is 15.7 Å². The van der Waals surface area contributed by atoms with Crippen LogP contribution in [0.2, 0.25) is 5.02 Å². The van der Waals surface area contributed by atoms with Crippen molar-refractivity contribution in [3.05, 3.63) is 40.5 Å². The van der Waals surface area contributed by atoms with E-state index in [9.17, 15) is 4.79 Å². The van der Waals surface area contributed by atoms with Gasteiger partial charge in [0.2, 0.25) is 5.91 Å². The third kappa shape index (κ3) is 5.21. The maximum absolute atomic E-state index is 12.4. The highest BCUT2D eigenvalue weighted by molar-refractivity contribution is 6.33. The number of anilines is 2. The summed E-state index contributed by atoms with van der Waals surface area (Å²) in [5.74, 6) is 0.710. The first-order valence-corrected chi connectivity index (χ1v) is 11.5. The van der Waals surface area contributed by atoms with Gasteiger partial charge in [-0.15, -0.1) is 0 Å². The van der Waals surface area contributed by atoms with Crippen LogP contribution in [0.3, 0.4) is 0 Å². The Balaban J connectivity index is 1.51. The Labute approximate surface area is 198 Å². The predicted molar refractivity (Wildman–Crippen MR) is 133 cm³/mol. The predicted octanol–water partition coefficient (Wildman–Crippen LogP) is 2.83. The van der Waals surface area contributed by atoms with Crippen LogP contribution >= 0.6 is 11.6 Å². The summed E-state index contributed by atoms with van der Waals surface area (Å²) in [6, 6.07) is 6.11. The zero-order chi connectivity index (χ0) is 23.4. The molecule has 0 aliphatic carbocycles. The molecule has 2 aromatic rings. The van der Waals surface area contributed by atoms with E-state index < -0.39 is 5.41 Å². The van der Waals surface area contributed by atoms with Crippen molar-refractivity contribution in [3.63, 3.8) is 0 Å². The number of amides is 1. The standard InChI is InChI=1S/C23H29ClN8O/c1-23(2)19-14(4-3-5-18(19)31-21(23)33)11-28-20-17(24)13-29-22(32-20)30-16(10-25)12-27-15-6-8-26-9-7-15/h3-5,12-13,15,26H,6-11,25H2,1-2H3,(H,31,33)(H,28,29,32). The lowest BCUT2D eigenvalue weighted by Crippen LogP contribution is -2.30. The van der Waals surface area contributed by atoms with E-state index in [4.69, 9.17) is 17.3 Å². The number of hydrogen-bond donors (Lipinski definition) is 4. The quantitative estimate of drug-likeness (QED) is 0.462. The fourth-order valence-electron chi connectivity index (χ4n) is 4.10. The zero-order valence-electron chi connectivity index (χ0n) is 18.9. The number of piperidine rings is 1. The minimum atomic E-state index is -0.609. The molecule has 174 valence electrons. The Hall–Kier alpha value is -2.88. The van der Waals surface area contributed by atoms with Gasteiger partial charge in [-0.05, 0) is 57.0 Å². The lowest BCUT2D eigenvalue weighted by atomic mass is 9.83. The molecule has 0 spiro atoms. The summed E-state index contributed by atoms with van der Waals surface area (Å²) < 4.78 is 0. The van der Waals surface area contributed by atoms with E-state index >= 15 is 0 Å². The number of carbonyl (C=O) groups is 1. The molecule has 0 atom stereocenters. The minimum Gasteiger partial charge on any atom is -0.365 e. The number of halogens is 1. The summed E-state index contributed by atoms with van der Waals surface area (Å²) in [7, 11) is 0. The number of hydrogen-bond acceptors (Lipinski definition) is 8. The van der Waals surface area contributed by atoms with Crippen molar-refractivity contribution >= 4 is 46.9 Å². The van der Waals surface area contributed by atoms with Crippen molar-refractivity contribution in [1.82, 2.24) is 15.3 Å². The molecule has 0 radical (unpaired) electrons. The summed E-state index contributed by atoms with van der Waals surface area (Å²) in [6.07, 6.45) is 5.24. The second-order valence-corrected chi connectivity index (χ2v) is 9.11. The van der Waals surface area contributed by atoms with Gasteiger partial charge < -0.3 is 21.7 Å². The van der Waals surface area contributed by atoms with Crippen LogP contribution in [-0.4, -0.2) is 53.5 Å². The number of benzene rings is 1. The number of carbonyl (C=O) groups excluding carboxylic acids is 1. The Bertz CT molecular complexity index is 1090. The molecule has 33 heavy (non-hydrogen) atoms. The monoisotopic (exact) mass is 468 g/mol. The van der Waals surface area contributed by atoms with Crippen LogP contribution in [-0.2, 0) is 16.8 Å². The molecule has 1 amide bonds. The molecule has 3 heterocycles. The molecule has 0 unspecified atom stereocenters. The van der Waals surface area contributed by atoms with Gasteiger partial charge in [0.1, 0.15) is 5.02 Å². The molecule has 1 saturated heterocycles. The number of fused-ring (bicyclic) bond motifs is 1. The molecule has 2 aliphatic heterocycles. The van der Waals surface area contributed by atoms with Gasteiger partial charge in [0, 0.05) is 25.0 Å². The molecule has 1 aromatic heterocycles. The van der Waals surface area contributed by atoms with Gasteiger partial charge in [-0.3, -0.25) is 9.79 Å². The molecular formula is C23H29ClN8O. The van der Waals surface area contributed by atoms with E-state index in [0.29, 0.717) is 23.1 Å². The van der Waals surface area contributed by atoms with E-state index in [0.717, 1.165) is 42.7 Å². The van der Waals surface area contributed by atoms with Crippen LogP contribution in [0.4, 0.5) is 17.5 Å². The van der Waals surface area contributed by atoms with Crippen LogP contribution in [0.5, 0.6) is 0 Å². The van der Waals surface area contributed by atoms with Crippen LogP contribution < -0.4 is 21.7 Å². The first-order valence-electron chi connectivity index (χ1n) is 11.1. The van der Waals surface area contributed by atoms with Gasteiger partial charge >= 0.3 is 0 Å². The van der Waals surface area contributed by atoms with E-state index in [-0.39, 0.29) is 24.4 Å². The SMILES string of the molecule is CC1(C)C(=O)Nc2cccc(CNc3nc(N=C(C=NC4CCNCC4)CN)ncc3Cl)c21. The first-order chi connectivity index (χ1) is 15.9. The molecule has 4 rings (SSSR count). The Morgan fingerprint density at radius 3 is 2.91 bits per heavy atom. The smallest absolute Gasteiger partial charge is 0.251 e. The number of aromatic nitrogens is 2. The molecule has 9 nitrogen and oxygen atoms in total. The molecule has 5 N–H and O–H groups in total. The zero-order valence-corrected chi connectivity index (χ0v) is 19.6. The van der Waals surface area contributed by atoms with Gasteiger partial charge in [-0.2, -0.15) is 4.98 Å². The lowest BCUT2D eigenvalue weighted by molar-refractivity contribution is -0.119. The molecule has 0 saturated carbocycles. The van der Waals surface area contributed by atoms with E-state index in [1.165, 1.54) is 6.20 Å². The maximum Gasteiger partial charge on any atom is 0.251 e. The number of nitrogens with one attached hydrogen (secondary N) is 3. The first kappa shape index (κ1) is 23.3. The summed E-state index contributed by atoms with van der Waals surface area (Å²) in [5, 5.41) is 9.92. The Kier molecular flexibility index (Phi) is 7.02. The van der Waals surface area contributed by atoms with Gasteiger partial charge in [0.05, 0.1) is 23.4 Å². The Morgan fingerprint density at radius 2 is 2.15 bits per heavy atom. The van der Waals surface area contributed by atoms with Crippen molar-refractivity contribution in [1.29, 1.82) is 0 Å². The average Bonchev–Trinajstić information content (AvgIpc) is 3.06. The molecule has 10 heteroatoms. The Morgan fingerprint density at radius 1 is 1.36 bits per heavy atom. The second-order valence-electron chi connectivity index (χ2n) is 8.71. The highest BCUT2D eigenvalue weighted by atomic mass is 35.5. The number of nitrogens with zero attached hydrogens (tertiary/aromatic N) is 4. The van der Waals surface area contributed by atoms with Crippen LogP contribution in [0.25, 0.3) is 0 Å². The summed E-state index contributed by atoms with van der Waals surface area (Å²) in [4.78, 5) is 30.1.